The predicted molar refractivity (Wildman–Crippen MR) is 58.5 cm³/mol. The lowest BCUT2D eigenvalue weighted by molar-refractivity contribution is 0.149. The van der Waals surface area contributed by atoms with Crippen molar-refractivity contribution in [2.45, 2.75) is 24.9 Å². The van der Waals surface area contributed by atoms with Crippen molar-refractivity contribution in [2.75, 3.05) is 7.11 Å². The molecule has 0 atom stereocenters. The maximum Gasteiger partial charge on any atom is 0.202 e. The molecule has 2 rings (SSSR count). The van der Waals surface area contributed by atoms with Crippen LogP contribution in [-0.4, -0.2) is 17.8 Å². The minimum atomic E-state index is -1.02. The Balaban J connectivity index is 2.43. The van der Waals surface area contributed by atoms with E-state index in [1.165, 1.54) is 13.2 Å². The minimum absolute atomic E-state index is 0.0463. The highest BCUT2D eigenvalue weighted by molar-refractivity contribution is 9.10. The molecule has 1 N–H and O–H groups in total. The van der Waals surface area contributed by atoms with Crippen molar-refractivity contribution in [3.05, 3.63) is 27.7 Å². The molecule has 0 radical (unpaired) electrons. The van der Waals surface area contributed by atoms with Crippen LogP contribution in [0.3, 0.4) is 0 Å². The van der Waals surface area contributed by atoms with Gasteiger partial charge >= 0.3 is 0 Å². The molecule has 0 aromatic heterocycles. The summed E-state index contributed by atoms with van der Waals surface area (Å²) in [4.78, 5) is 0. The fourth-order valence-corrected chi connectivity index (χ4v) is 2.11. The zero-order valence-electron chi connectivity index (χ0n) is 8.69. The van der Waals surface area contributed by atoms with Gasteiger partial charge in [-0.15, -0.1) is 0 Å². The van der Waals surface area contributed by atoms with Crippen LogP contribution in [0.5, 0.6) is 5.75 Å². The van der Waals surface area contributed by atoms with Gasteiger partial charge in [0, 0.05) is 12.0 Å². The summed E-state index contributed by atoms with van der Waals surface area (Å²) >= 11 is 2.94. The fourth-order valence-electron chi connectivity index (χ4n) is 1.65. The van der Waals surface area contributed by atoms with Crippen LogP contribution >= 0.6 is 15.9 Å². The Bertz CT molecular complexity index is 430. The lowest BCUT2D eigenvalue weighted by Crippen LogP contribution is -2.12. The van der Waals surface area contributed by atoms with Crippen molar-refractivity contribution in [3.8, 4) is 5.75 Å². The van der Waals surface area contributed by atoms with Crippen LogP contribution in [0.1, 0.15) is 18.4 Å². The summed E-state index contributed by atoms with van der Waals surface area (Å²) in [5, 5.41) is 9.77. The molecular formula is C11H11BrF2O2. The molecule has 1 aromatic carbocycles. The van der Waals surface area contributed by atoms with Crippen LogP contribution in [0.2, 0.25) is 0 Å². The summed E-state index contributed by atoms with van der Waals surface area (Å²) in [5.41, 5.74) is -0.287. The SMILES string of the molecule is COc1c(CC2(O)CC2)cc(Br)c(F)c1F. The van der Waals surface area contributed by atoms with Gasteiger partial charge in [-0.2, -0.15) is 4.39 Å². The van der Waals surface area contributed by atoms with E-state index in [0.717, 1.165) is 0 Å². The van der Waals surface area contributed by atoms with E-state index in [-0.39, 0.29) is 16.6 Å². The Morgan fingerprint density at radius 1 is 1.44 bits per heavy atom. The van der Waals surface area contributed by atoms with Gasteiger partial charge in [0.1, 0.15) is 0 Å². The fraction of sp³-hybridized carbons (Fsp3) is 0.455. The number of halogens is 3. The Labute approximate surface area is 100 Å². The van der Waals surface area contributed by atoms with Crippen molar-refractivity contribution >= 4 is 15.9 Å². The van der Waals surface area contributed by atoms with Crippen molar-refractivity contribution in [2.24, 2.45) is 0 Å². The monoisotopic (exact) mass is 292 g/mol. The summed E-state index contributed by atoms with van der Waals surface area (Å²) in [6.45, 7) is 0. The highest BCUT2D eigenvalue weighted by Crippen LogP contribution is 2.41. The number of rotatable bonds is 3. The average Bonchev–Trinajstić information content (AvgIpc) is 2.93. The Morgan fingerprint density at radius 3 is 2.56 bits per heavy atom. The third-order valence-electron chi connectivity index (χ3n) is 2.75. The van der Waals surface area contributed by atoms with Gasteiger partial charge in [0.05, 0.1) is 17.2 Å². The van der Waals surface area contributed by atoms with E-state index in [9.17, 15) is 13.9 Å². The average molecular weight is 293 g/mol. The quantitative estimate of drug-likeness (QED) is 0.868. The van der Waals surface area contributed by atoms with Crippen LogP contribution in [0, 0.1) is 11.6 Å². The highest BCUT2D eigenvalue weighted by Gasteiger charge is 2.41. The topological polar surface area (TPSA) is 29.5 Å². The number of methoxy groups -OCH3 is 1. The van der Waals surface area contributed by atoms with Crippen LogP contribution in [0.15, 0.2) is 10.5 Å². The second kappa shape index (κ2) is 3.96. The molecule has 88 valence electrons. The van der Waals surface area contributed by atoms with Gasteiger partial charge in [0.15, 0.2) is 11.6 Å². The maximum atomic E-state index is 13.5. The first-order valence-electron chi connectivity index (χ1n) is 4.89. The molecule has 1 fully saturated rings. The van der Waals surface area contributed by atoms with E-state index in [2.05, 4.69) is 15.9 Å². The molecule has 1 saturated carbocycles. The molecule has 0 heterocycles. The number of ether oxygens (including phenoxy) is 1. The first-order chi connectivity index (χ1) is 7.47. The standard InChI is InChI=1S/C11H11BrF2O2/c1-16-10-6(5-11(15)2-3-11)4-7(12)8(13)9(10)14/h4,15H,2-3,5H2,1H3. The van der Waals surface area contributed by atoms with Crippen LogP contribution < -0.4 is 4.74 Å². The van der Waals surface area contributed by atoms with Gasteiger partial charge in [-0.25, -0.2) is 4.39 Å². The molecule has 16 heavy (non-hydrogen) atoms. The third-order valence-corrected chi connectivity index (χ3v) is 3.32. The number of hydrogen-bond acceptors (Lipinski definition) is 2. The molecule has 2 nitrogen and oxygen atoms in total. The van der Waals surface area contributed by atoms with Gasteiger partial charge in [-0.05, 0) is 34.8 Å². The molecule has 0 unspecified atom stereocenters. The van der Waals surface area contributed by atoms with E-state index in [1.54, 1.807) is 0 Å². The molecule has 0 saturated heterocycles. The lowest BCUT2D eigenvalue weighted by atomic mass is 10.0. The second-order valence-electron chi connectivity index (χ2n) is 4.08. The molecule has 0 bridgehead atoms. The van der Waals surface area contributed by atoms with E-state index in [1.807, 2.05) is 0 Å². The van der Waals surface area contributed by atoms with Crippen molar-refractivity contribution < 1.29 is 18.6 Å². The summed E-state index contributed by atoms with van der Waals surface area (Å²) in [6, 6.07) is 1.45. The maximum absolute atomic E-state index is 13.5. The molecule has 0 aliphatic heterocycles. The number of benzene rings is 1. The van der Waals surface area contributed by atoms with E-state index in [4.69, 9.17) is 4.74 Å². The molecule has 0 spiro atoms. The van der Waals surface area contributed by atoms with Crippen LogP contribution in [0.25, 0.3) is 0 Å². The van der Waals surface area contributed by atoms with Crippen LogP contribution in [0.4, 0.5) is 8.78 Å². The van der Waals surface area contributed by atoms with Gasteiger partial charge in [0.2, 0.25) is 5.82 Å². The zero-order chi connectivity index (χ0) is 11.9. The number of aliphatic hydroxyl groups is 1. The Kier molecular flexibility index (Phi) is 2.92. The van der Waals surface area contributed by atoms with Crippen LogP contribution in [-0.2, 0) is 6.42 Å². The third kappa shape index (κ3) is 2.06. The van der Waals surface area contributed by atoms with E-state index >= 15 is 0 Å². The molecule has 1 aliphatic rings. The van der Waals surface area contributed by atoms with Gasteiger partial charge in [-0.3, -0.25) is 0 Å². The molecule has 1 aliphatic carbocycles. The second-order valence-corrected chi connectivity index (χ2v) is 4.93. The summed E-state index contributed by atoms with van der Waals surface area (Å²) in [5.74, 6) is -2.11. The van der Waals surface area contributed by atoms with Gasteiger partial charge in [-0.1, -0.05) is 0 Å². The van der Waals surface area contributed by atoms with Crippen molar-refractivity contribution in [3.63, 3.8) is 0 Å². The normalized spacial score (nSPS) is 17.3. The zero-order valence-corrected chi connectivity index (χ0v) is 10.3. The summed E-state index contributed by atoms with van der Waals surface area (Å²) in [6.07, 6.45) is 1.66. The predicted octanol–water partition coefficient (Wildman–Crippen LogP) is 2.80. The van der Waals surface area contributed by atoms with Gasteiger partial charge in [0.25, 0.3) is 0 Å². The van der Waals surface area contributed by atoms with Crippen molar-refractivity contribution in [1.82, 2.24) is 0 Å². The minimum Gasteiger partial charge on any atom is -0.493 e. The Hall–Kier alpha value is -0.680. The molecule has 5 heteroatoms. The molecular weight excluding hydrogens is 282 g/mol. The summed E-state index contributed by atoms with van der Waals surface area (Å²) < 4.78 is 31.6. The Morgan fingerprint density at radius 2 is 2.06 bits per heavy atom. The summed E-state index contributed by atoms with van der Waals surface area (Å²) in [7, 11) is 1.28. The van der Waals surface area contributed by atoms with Gasteiger partial charge < -0.3 is 9.84 Å². The largest absolute Gasteiger partial charge is 0.493 e. The smallest absolute Gasteiger partial charge is 0.202 e. The molecule has 0 amide bonds. The first-order valence-corrected chi connectivity index (χ1v) is 5.69. The van der Waals surface area contributed by atoms with E-state index < -0.39 is 17.2 Å². The molecule has 1 aromatic rings. The van der Waals surface area contributed by atoms with E-state index in [0.29, 0.717) is 18.4 Å². The first kappa shape index (κ1) is 11.8. The number of hydrogen-bond donors (Lipinski definition) is 1. The highest BCUT2D eigenvalue weighted by atomic mass is 79.9. The lowest BCUT2D eigenvalue weighted by Gasteiger charge is -2.14. The van der Waals surface area contributed by atoms with Crippen molar-refractivity contribution in [1.29, 1.82) is 0 Å².